The average Bonchev–Trinajstić information content (AvgIpc) is 3.43. The van der Waals surface area contributed by atoms with Crippen molar-refractivity contribution in [2.24, 2.45) is 0 Å². The lowest BCUT2D eigenvalue weighted by Gasteiger charge is -2.47. The topological polar surface area (TPSA) is 36.0 Å². The summed E-state index contributed by atoms with van der Waals surface area (Å²) < 4.78 is 5.80. The highest BCUT2D eigenvalue weighted by molar-refractivity contribution is 7.12. The Morgan fingerprint density at radius 1 is 1.00 bits per heavy atom. The number of carbonyl (C=O) groups is 1. The summed E-state index contributed by atoms with van der Waals surface area (Å²) >= 11 is 13.9. The third-order valence-corrected chi connectivity index (χ3v) is 9.67. The molecule has 0 bridgehead atoms. The van der Waals surface area contributed by atoms with E-state index in [1.54, 1.807) is 6.07 Å². The molecule has 40 heavy (non-hydrogen) atoms. The van der Waals surface area contributed by atoms with Crippen LogP contribution in [0.25, 0.3) is 11.1 Å². The van der Waals surface area contributed by atoms with E-state index in [1.807, 2.05) is 28.5 Å². The Labute approximate surface area is 252 Å². The number of carbonyl (C=O) groups excluding carboxylic acids is 1. The molecule has 3 heterocycles. The molecule has 1 amide bonds. The van der Waals surface area contributed by atoms with Crippen LogP contribution >= 0.6 is 34.5 Å². The Morgan fingerprint density at radius 2 is 1.70 bits per heavy atom. The zero-order chi connectivity index (χ0) is 28.2. The third kappa shape index (κ3) is 6.69. The smallest absolute Gasteiger partial charge is 0.267 e. The number of rotatable bonds is 8. The highest BCUT2D eigenvalue weighted by atomic mass is 35.5. The maximum absolute atomic E-state index is 13.2. The zero-order valence-electron chi connectivity index (χ0n) is 23.6. The summed E-state index contributed by atoms with van der Waals surface area (Å²) in [6.45, 7) is 12.2. The van der Waals surface area contributed by atoms with Crippen LogP contribution in [0.1, 0.15) is 61.3 Å². The lowest BCUT2D eigenvalue weighted by molar-refractivity contribution is 0.0135. The first kappa shape index (κ1) is 29.4. The number of hydrogen-bond acceptors (Lipinski definition) is 5. The molecule has 3 aromatic rings. The molecule has 0 aliphatic carbocycles. The van der Waals surface area contributed by atoms with E-state index < -0.39 is 0 Å². The predicted octanol–water partition coefficient (Wildman–Crippen LogP) is 7.88. The highest BCUT2D eigenvalue weighted by Crippen LogP contribution is 2.32. The third-order valence-electron chi connectivity index (χ3n) is 8.35. The van der Waals surface area contributed by atoms with Crippen LogP contribution in [0.15, 0.2) is 53.9 Å². The van der Waals surface area contributed by atoms with Crippen molar-refractivity contribution >= 4 is 40.4 Å². The fraction of sp³-hybridized carbons (Fsp3) is 0.469. The van der Waals surface area contributed by atoms with Crippen molar-refractivity contribution in [2.45, 2.75) is 58.2 Å². The van der Waals surface area contributed by atoms with Gasteiger partial charge in [0.15, 0.2) is 0 Å². The summed E-state index contributed by atoms with van der Waals surface area (Å²) in [6.07, 6.45) is 2.99. The van der Waals surface area contributed by atoms with E-state index in [0.717, 1.165) is 73.7 Å². The second kappa shape index (κ2) is 13.3. The van der Waals surface area contributed by atoms with Crippen molar-refractivity contribution in [3.05, 3.63) is 74.4 Å². The number of benzene rings is 2. The largest absolute Gasteiger partial charge is 0.492 e. The van der Waals surface area contributed by atoms with Crippen LogP contribution in [0.5, 0.6) is 5.75 Å². The highest BCUT2D eigenvalue weighted by Gasteiger charge is 2.34. The molecule has 5 nitrogen and oxygen atoms in total. The lowest BCUT2D eigenvalue weighted by atomic mass is 9.97. The maximum atomic E-state index is 13.2. The molecule has 0 radical (unpaired) electrons. The molecule has 5 rings (SSSR count). The standard InChI is InChI=1S/C32H39Cl2N3O2S/c1-4-16-39-30-11-17-40-31(30)32(38)35-12-9-29(10-13-35)36-14-15-37(22(2)21-36)23(3)24-5-7-25(8-6-24)26-18-27(33)20-28(34)19-26/h5-8,11,17-20,22-23,29H,4,9-10,12-16,21H2,1-3H3/t22-,23+/m1/s1. The molecule has 1 aromatic heterocycles. The number of nitrogens with zero attached hydrogens (tertiary/aromatic N) is 3. The number of amides is 1. The molecule has 0 spiro atoms. The quantitative estimate of drug-likeness (QED) is 0.264. The number of thiophene rings is 1. The molecular weight excluding hydrogens is 561 g/mol. The molecule has 0 saturated carbocycles. The minimum Gasteiger partial charge on any atom is -0.492 e. The first-order valence-electron chi connectivity index (χ1n) is 14.4. The van der Waals surface area contributed by atoms with Crippen molar-refractivity contribution in [1.82, 2.24) is 14.7 Å². The van der Waals surface area contributed by atoms with Gasteiger partial charge in [0.25, 0.3) is 5.91 Å². The van der Waals surface area contributed by atoms with Gasteiger partial charge in [-0.25, -0.2) is 0 Å². The number of piperidine rings is 1. The summed E-state index contributed by atoms with van der Waals surface area (Å²) in [5.74, 6) is 0.859. The van der Waals surface area contributed by atoms with E-state index in [1.165, 1.54) is 16.9 Å². The first-order chi connectivity index (χ1) is 19.3. The van der Waals surface area contributed by atoms with E-state index in [0.29, 0.717) is 34.8 Å². The van der Waals surface area contributed by atoms with Gasteiger partial charge in [-0.1, -0.05) is 54.4 Å². The normalized spacial score (nSPS) is 20.0. The molecule has 8 heteroatoms. The Balaban J connectivity index is 1.14. The summed E-state index contributed by atoms with van der Waals surface area (Å²) in [4.78, 5) is 21.2. The molecule has 2 aliphatic rings. The number of piperazine rings is 1. The van der Waals surface area contributed by atoms with E-state index in [2.05, 4.69) is 54.8 Å². The van der Waals surface area contributed by atoms with Gasteiger partial charge >= 0.3 is 0 Å². The summed E-state index contributed by atoms with van der Waals surface area (Å²) in [6, 6.07) is 17.7. The molecule has 2 aromatic carbocycles. The number of likely N-dealkylation sites (tertiary alicyclic amines) is 1. The Morgan fingerprint density at radius 3 is 2.35 bits per heavy atom. The number of hydrogen-bond donors (Lipinski definition) is 0. The van der Waals surface area contributed by atoms with Gasteiger partial charge in [0.05, 0.1) is 6.61 Å². The van der Waals surface area contributed by atoms with Crippen LogP contribution in [-0.4, -0.2) is 72.0 Å². The van der Waals surface area contributed by atoms with Crippen LogP contribution in [0, 0.1) is 0 Å². The number of halogens is 2. The summed E-state index contributed by atoms with van der Waals surface area (Å²) in [7, 11) is 0. The van der Waals surface area contributed by atoms with Gasteiger partial charge in [0, 0.05) is 60.9 Å². The van der Waals surface area contributed by atoms with Gasteiger partial charge in [-0.15, -0.1) is 11.3 Å². The minimum absolute atomic E-state index is 0.121. The van der Waals surface area contributed by atoms with E-state index >= 15 is 0 Å². The molecule has 214 valence electrons. The molecular formula is C32H39Cl2N3O2S. The maximum Gasteiger partial charge on any atom is 0.267 e. The fourth-order valence-electron chi connectivity index (χ4n) is 6.13. The monoisotopic (exact) mass is 599 g/mol. The molecule has 2 atom stereocenters. The number of ether oxygens (including phenoxy) is 1. The van der Waals surface area contributed by atoms with Gasteiger partial charge in [-0.2, -0.15) is 0 Å². The van der Waals surface area contributed by atoms with Crippen molar-refractivity contribution in [1.29, 1.82) is 0 Å². The minimum atomic E-state index is 0.121. The molecule has 0 unspecified atom stereocenters. The van der Waals surface area contributed by atoms with Gasteiger partial charge < -0.3 is 9.64 Å². The molecule has 2 aliphatic heterocycles. The summed E-state index contributed by atoms with van der Waals surface area (Å²) in [5.41, 5.74) is 3.47. The first-order valence-corrected chi connectivity index (χ1v) is 16.0. The van der Waals surface area contributed by atoms with Crippen LogP contribution in [0.3, 0.4) is 0 Å². The molecule has 2 fully saturated rings. The zero-order valence-corrected chi connectivity index (χ0v) is 25.9. The van der Waals surface area contributed by atoms with Crippen molar-refractivity contribution < 1.29 is 9.53 Å². The fourth-order valence-corrected chi connectivity index (χ4v) is 7.46. The van der Waals surface area contributed by atoms with Gasteiger partial charge in [-0.3, -0.25) is 14.6 Å². The molecule has 2 saturated heterocycles. The van der Waals surface area contributed by atoms with Crippen LogP contribution in [-0.2, 0) is 0 Å². The van der Waals surface area contributed by atoms with Crippen LogP contribution < -0.4 is 4.74 Å². The van der Waals surface area contributed by atoms with Crippen molar-refractivity contribution in [3.63, 3.8) is 0 Å². The predicted molar refractivity (Wildman–Crippen MR) is 167 cm³/mol. The SMILES string of the molecule is CCCOc1ccsc1C(=O)N1CCC(N2CCN([C@@H](C)c3ccc(-c4cc(Cl)cc(Cl)c4)cc3)[C@H](C)C2)CC1. The Hall–Kier alpha value is -2.09. The van der Waals surface area contributed by atoms with Crippen molar-refractivity contribution in [3.8, 4) is 16.9 Å². The van der Waals surface area contributed by atoms with E-state index in [9.17, 15) is 4.79 Å². The van der Waals surface area contributed by atoms with Crippen LogP contribution in [0.4, 0.5) is 0 Å². The van der Waals surface area contributed by atoms with Gasteiger partial charge in [0.1, 0.15) is 10.6 Å². The average molecular weight is 601 g/mol. The second-order valence-electron chi connectivity index (χ2n) is 11.0. The second-order valence-corrected chi connectivity index (χ2v) is 12.8. The lowest BCUT2D eigenvalue weighted by Crippen LogP contribution is -2.57. The van der Waals surface area contributed by atoms with Gasteiger partial charge in [-0.05, 0) is 79.4 Å². The van der Waals surface area contributed by atoms with E-state index in [4.69, 9.17) is 27.9 Å². The Kier molecular flexibility index (Phi) is 9.75. The van der Waals surface area contributed by atoms with Crippen LogP contribution in [0.2, 0.25) is 10.0 Å². The Bertz CT molecular complexity index is 1270. The summed E-state index contributed by atoms with van der Waals surface area (Å²) in [5, 5.41) is 3.26. The molecule has 0 N–H and O–H groups in total. The van der Waals surface area contributed by atoms with E-state index in [-0.39, 0.29) is 5.91 Å². The van der Waals surface area contributed by atoms with Crippen molar-refractivity contribution in [2.75, 3.05) is 39.3 Å². The van der Waals surface area contributed by atoms with Gasteiger partial charge in [0.2, 0.25) is 0 Å².